The van der Waals surface area contributed by atoms with E-state index in [0.717, 1.165) is 12.1 Å². The number of hydrogen-bond donors (Lipinski definition) is 0. The molecule has 6 heteroatoms. The Balaban J connectivity index is 2.26. The first-order chi connectivity index (χ1) is 8.50. The van der Waals surface area contributed by atoms with Crippen molar-refractivity contribution in [3.8, 4) is 5.69 Å². The number of alkyl halides is 3. The third-order valence-electron chi connectivity index (χ3n) is 2.34. The lowest BCUT2D eigenvalue weighted by molar-refractivity contribution is -0.137. The van der Waals surface area contributed by atoms with Crippen LogP contribution in [-0.4, -0.2) is 9.78 Å². The number of hydrogen-bond acceptors (Lipinski definition) is 1. The van der Waals surface area contributed by atoms with Crippen molar-refractivity contribution in [3.63, 3.8) is 0 Å². The molecule has 18 heavy (non-hydrogen) atoms. The van der Waals surface area contributed by atoms with Crippen LogP contribution in [0.25, 0.3) is 10.5 Å². The third kappa shape index (κ3) is 2.51. The summed E-state index contributed by atoms with van der Waals surface area (Å²) < 4.78 is 38.6. The molecule has 2 rings (SSSR count). The number of nitrogens with zero attached hydrogens (tertiary/aromatic N) is 3. The normalized spacial score (nSPS) is 11.2. The molecule has 0 aliphatic heterocycles. The van der Waals surface area contributed by atoms with Crippen LogP contribution in [0.4, 0.5) is 13.2 Å². The van der Waals surface area contributed by atoms with E-state index >= 15 is 0 Å². The van der Waals surface area contributed by atoms with Crippen molar-refractivity contribution in [2.45, 2.75) is 12.7 Å². The van der Waals surface area contributed by atoms with Gasteiger partial charge in [-0.1, -0.05) is 0 Å². The maximum absolute atomic E-state index is 12.4. The van der Waals surface area contributed by atoms with Crippen molar-refractivity contribution >= 4 is 0 Å². The van der Waals surface area contributed by atoms with Gasteiger partial charge in [0.25, 0.3) is 6.54 Å². The fraction of sp³-hybridized carbons (Fsp3) is 0.167. The van der Waals surface area contributed by atoms with E-state index in [0.29, 0.717) is 11.4 Å². The van der Waals surface area contributed by atoms with Crippen LogP contribution in [0.3, 0.4) is 0 Å². The molecule has 0 aliphatic rings. The minimum Gasteiger partial charge on any atom is -0.310 e. The average molecular weight is 251 g/mol. The minimum atomic E-state index is -4.34. The summed E-state index contributed by atoms with van der Waals surface area (Å²) >= 11 is 0. The SMILES string of the molecule is [C-]#[N+]Cc1ccn(-c2ccc(C(F)(F)F)cc2)n1. The standard InChI is InChI=1S/C12H8F3N3/c1-16-8-10-6-7-18(17-10)11-4-2-9(3-5-11)12(13,14)15/h2-7H,8H2. The first-order valence-corrected chi connectivity index (χ1v) is 5.06. The summed E-state index contributed by atoms with van der Waals surface area (Å²) in [6.07, 6.45) is -2.72. The van der Waals surface area contributed by atoms with Gasteiger partial charge in [0.2, 0.25) is 0 Å². The Hall–Kier alpha value is -2.29. The molecule has 0 bridgehead atoms. The van der Waals surface area contributed by atoms with Crippen LogP contribution in [0.2, 0.25) is 0 Å². The number of halogens is 3. The maximum Gasteiger partial charge on any atom is 0.416 e. The Bertz CT molecular complexity index is 576. The smallest absolute Gasteiger partial charge is 0.310 e. The van der Waals surface area contributed by atoms with E-state index in [4.69, 9.17) is 6.57 Å². The summed E-state index contributed by atoms with van der Waals surface area (Å²) in [6.45, 7) is 6.86. The Labute approximate surface area is 101 Å². The van der Waals surface area contributed by atoms with Crippen molar-refractivity contribution in [2.24, 2.45) is 0 Å². The van der Waals surface area contributed by atoms with Gasteiger partial charge in [-0.2, -0.15) is 18.3 Å². The van der Waals surface area contributed by atoms with E-state index < -0.39 is 11.7 Å². The fourth-order valence-corrected chi connectivity index (χ4v) is 1.47. The lowest BCUT2D eigenvalue weighted by Crippen LogP contribution is -2.05. The molecule has 0 radical (unpaired) electrons. The second-order valence-electron chi connectivity index (χ2n) is 3.61. The van der Waals surface area contributed by atoms with Gasteiger partial charge < -0.3 is 4.85 Å². The van der Waals surface area contributed by atoms with Gasteiger partial charge in [0.05, 0.1) is 11.3 Å². The van der Waals surface area contributed by atoms with Crippen molar-refractivity contribution in [2.75, 3.05) is 0 Å². The van der Waals surface area contributed by atoms with E-state index in [1.54, 1.807) is 12.3 Å². The zero-order chi connectivity index (χ0) is 13.2. The molecule has 0 unspecified atom stereocenters. The fourth-order valence-electron chi connectivity index (χ4n) is 1.47. The Morgan fingerprint density at radius 2 is 1.83 bits per heavy atom. The predicted molar refractivity (Wildman–Crippen MR) is 58.9 cm³/mol. The highest BCUT2D eigenvalue weighted by Crippen LogP contribution is 2.29. The van der Waals surface area contributed by atoms with Crippen LogP contribution in [-0.2, 0) is 12.7 Å². The Morgan fingerprint density at radius 1 is 1.17 bits per heavy atom. The van der Waals surface area contributed by atoms with E-state index in [-0.39, 0.29) is 6.54 Å². The molecule has 0 saturated carbocycles. The van der Waals surface area contributed by atoms with E-state index in [1.165, 1.54) is 16.8 Å². The largest absolute Gasteiger partial charge is 0.416 e. The van der Waals surface area contributed by atoms with Crippen LogP contribution < -0.4 is 0 Å². The molecule has 0 saturated heterocycles. The van der Waals surface area contributed by atoms with Gasteiger partial charge >= 0.3 is 6.18 Å². The summed E-state index contributed by atoms with van der Waals surface area (Å²) in [5.41, 5.74) is 0.420. The third-order valence-corrected chi connectivity index (χ3v) is 2.34. The average Bonchev–Trinajstić information content (AvgIpc) is 2.77. The molecule has 2 aromatic rings. The van der Waals surface area contributed by atoms with Crippen molar-refractivity contribution < 1.29 is 13.2 Å². The molecule has 0 N–H and O–H groups in total. The van der Waals surface area contributed by atoms with E-state index in [9.17, 15) is 13.2 Å². The molecule has 3 nitrogen and oxygen atoms in total. The van der Waals surface area contributed by atoms with E-state index in [2.05, 4.69) is 9.94 Å². The van der Waals surface area contributed by atoms with Gasteiger partial charge in [0, 0.05) is 6.20 Å². The van der Waals surface area contributed by atoms with Gasteiger partial charge in [0.1, 0.15) is 5.69 Å². The molecular weight excluding hydrogens is 243 g/mol. The zero-order valence-electron chi connectivity index (χ0n) is 9.15. The molecule has 92 valence electrons. The van der Waals surface area contributed by atoms with Crippen molar-refractivity contribution in [1.82, 2.24) is 9.78 Å². The first kappa shape index (κ1) is 12.2. The van der Waals surface area contributed by atoms with Crippen LogP contribution in [0.15, 0.2) is 36.5 Å². The number of benzene rings is 1. The van der Waals surface area contributed by atoms with Crippen LogP contribution >= 0.6 is 0 Å². The lowest BCUT2D eigenvalue weighted by atomic mass is 10.2. The highest BCUT2D eigenvalue weighted by molar-refractivity contribution is 5.35. The predicted octanol–water partition coefficient (Wildman–Crippen LogP) is 3.31. The minimum absolute atomic E-state index is 0.160. The molecule has 0 amide bonds. The summed E-state index contributed by atoms with van der Waals surface area (Å²) in [5, 5.41) is 4.08. The van der Waals surface area contributed by atoms with Gasteiger partial charge in [-0.3, -0.25) is 0 Å². The van der Waals surface area contributed by atoms with Crippen LogP contribution in [0.5, 0.6) is 0 Å². The zero-order valence-corrected chi connectivity index (χ0v) is 9.15. The van der Waals surface area contributed by atoms with Gasteiger partial charge in [-0.25, -0.2) is 11.3 Å². The monoisotopic (exact) mass is 251 g/mol. The molecule has 0 aliphatic carbocycles. The number of aromatic nitrogens is 2. The van der Waals surface area contributed by atoms with Crippen molar-refractivity contribution in [1.29, 1.82) is 0 Å². The molecule has 1 aromatic heterocycles. The summed E-state index contributed by atoms with van der Waals surface area (Å²) in [5.74, 6) is 0. The first-order valence-electron chi connectivity index (χ1n) is 5.06. The lowest BCUT2D eigenvalue weighted by Gasteiger charge is -2.07. The Morgan fingerprint density at radius 3 is 2.39 bits per heavy atom. The van der Waals surface area contributed by atoms with Gasteiger partial charge in [0.15, 0.2) is 0 Å². The second-order valence-corrected chi connectivity index (χ2v) is 3.61. The highest BCUT2D eigenvalue weighted by Gasteiger charge is 2.29. The van der Waals surface area contributed by atoms with Gasteiger partial charge in [-0.15, -0.1) is 0 Å². The quantitative estimate of drug-likeness (QED) is 0.750. The van der Waals surface area contributed by atoms with E-state index in [1.807, 2.05) is 0 Å². The molecular formula is C12H8F3N3. The summed E-state index contributed by atoms with van der Waals surface area (Å²) in [4.78, 5) is 3.18. The second kappa shape index (κ2) is 4.53. The molecule has 1 heterocycles. The topological polar surface area (TPSA) is 22.2 Å². The van der Waals surface area contributed by atoms with Crippen LogP contribution in [0.1, 0.15) is 11.3 Å². The van der Waals surface area contributed by atoms with Crippen LogP contribution in [0, 0.1) is 6.57 Å². The van der Waals surface area contributed by atoms with Gasteiger partial charge in [-0.05, 0) is 30.3 Å². The Kier molecular flexibility index (Phi) is 3.06. The van der Waals surface area contributed by atoms with Crippen molar-refractivity contribution in [3.05, 3.63) is 59.2 Å². The molecule has 0 atom stereocenters. The molecule has 1 aromatic carbocycles. The summed E-state index contributed by atoms with van der Waals surface area (Å²) in [6, 6.07) is 6.36. The highest BCUT2D eigenvalue weighted by atomic mass is 19.4. The number of rotatable bonds is 2. The maximum atomic E-state index is 12.4. The molecule has 0 spiro atoms. The molecule has 0 fully saturated rings. The summed E-state index contributed by atoms with van der Waals surface area (Å²) in [7, 11) is 0.